The summed E-state index contributed by atoms with van der Waals surface area (Å²) in [5.74, 6) is 0.764. The second-order valence-electron chi connectivity index (χ2n) is 3.59. The fourth-order valence-corrected chi connectivity index (χ4v) is 1.47. The molecule has 0 bridgehead atoms. The second-order valence-corrected chi connectivity index (χ2v) is 3.59. The van der Waals surface area contributed by atoms with Crippen molar-refractivity contribution in [3.05, 3.63) is 23.8 Å². The average molecular weight is 180 g/mol. The van der Waals surface area contributed by atoms with E-state index in [0.717, 1.165) is 12.3 Å². The van der Waals surface area contributed by atoms with Gasteiger partial charge >= 0.3 is 0 Å². The molecule has 0 spiro atoms. The van der Waals surface area contributed by atoms with Crippen LogP contribution in [0.3, 0.4) is 0 Å². The highest BCUT2D eigenvalue weighted by Gasteiger charge is 2.03. The van der Waals surface area contributed by atoms with Crippen molar-refractivity contribution in [2.45, 2.75) is 53.4 Å². The van der Waals surface area contributed by atoms with E-state index < -0.39 is 0 Å². The Morgan fingerprint density at radius 2 is 1.92 bits per heavy atom. The second kappa shape index (κ2) is 8.10. The summed E-state index contributed by atoms with van der Waals surface area (Å²) in [6.45, 7) is 8.92. The minimum absolute atomic E-state index is 0.764. The standard InChI is InChI=1S/C13H24/c1-5-8-9-10-11-13(7-3)12(4)6-2/h7-9,12H,5-6,10-11H2,1-4H3. The highest BCUT2D eigenvalue weighted by Crippen LogP contribution is 2.19. The summed E-state index contributed by atoms with van der Waals surface area (Å²) in [7, 11) is 0. The van der Waals surface area contributed by atoms with Crippen LogP contribution < -0.4 is 0 Å². The number of rotatable bonds is 6. The topological polar surface area (TPSA) is 0 Å². The third kappa shape index (κ3) is 5.68. The molecule has 0 amide bonds. The molecule has 0 N–H and O–H groups in total. The first kappa shape index (κ1) is 12.5. The molecule has 0 heteroatoms. The van der Waals surface area contributed by atoms with Crippen molar-refractivity contribution in [3.8, 4) is 0 Å². The van der Waals surface area contributed by atoms with Crippen molar-refractivity contribution in [2.24, 2.45) is 5.92 Å². The summed E-state index contributed by atoms with van der Waals surface area (Å²) in [6.07, 6.45) is 11.7. The molecular weight excluding hydrogens is 156 g/mol. The van der Waals surface area contributed by atoms with Gasteiger partial charge in [0.25, 0.3) is 0 Å². The van der Waals surface area contributed by atoms with E-state index in [9.17, 15) is 0 Å². The van der Waals surface area contributed by atoms with E-state index in [1.165, 1.54) is 19.3 Å². The van der Waals surface area contributed by atoms with Crippen molar-refractivity contribution in [1.82, 2.24) is 0 Å². The maximum absolute atomic E-state index is 2.32. The van der Waals surface area contributed by atoms with Crippen LogP contribution in [0.1, 0.15) is 53.4 Å². The Morgan fingerprint density at radius 1 is 1.23 bits per heavy atom. The molecule has 0 nitrogen and oxygen atoms in total. The highest BCUT2D eigenvalue weighted by molar-refractivity contribution is 5.05. The summed E-state index contributed by atoms with van der Waals surface area (Å²) in [4.78, 5) is 0. The van der Waals surface area contributed by atoms with E-state index in [4.69, 9.17) is 0 Å². The quantitative estimate of drug-likeness (QED) is 0.519. The third-order valence-electron chi connectivity index (χ3n) is 2.62. The molecule has 1 atom stereocenters. The van der Waals surface area contributed by atoms with Crippen LogP contribution in [-0.4, -0.2) is 0 Å². The minimum atomic E-state index is 0.764. The summed E-state index contributed by atoms with van der Waals surface area (Å²) >= 11 is 0. The lowest BCUT2D eigenvalue weighted by atomic mass is 9.94. The van der Waals surface area contributed by atoms with Crippen LogP contribution in [0.5, 0.6) is 0 Å². The molecule has 13 heavy (non-hydrogen) atoms. The Kier molecular flexibility index (Phi) is 7.77. The van der Waals surface area contributed by atoms with Crippen molar-refractivity contribution >= 4 is 0 Å². The van der Waals surface area contributed by atoms with Gasteiger partial charge in [0.1, 0.15) is 0 Å². The van der Waals surface area contributed by atoms with E-state index in [-0.39, 0.29) is 0 Å². The molecule has 0 saturated carbocycles. The Hall–Kier alpha value is -0.520. The van der Waals surface area contributed by atoms with Gasteiger partial charge in [-0.05, 0) is 38.5 Å². The van der Waals surface area contributed by atoms with Gasteiger partial charge in [-0.15, -0.1) is 0 Å². The largest absolute Gasteiger partial charge is 0.0888 e. The normalized spacial score (nSPS) is 15.2. The molecule has 76 valence electrons. The van der Waals surface area contributed by atoms with E-state index in [1.807, 2.05) is 0 Å². The maximum atomic E-state index is 2.32. The summed E-state index contributed by atoms with van der Waals surface area (Å²) in [5.41, 5.74) is 1.61. The van der Waals surface area contributed by atoms with Crippen molar-refractivity contribution in [3.63, 3.8) is 0 Å². The zero-order valence-electron chi connectivity index (χ0n) is 9.64. The summed E-state index contributed by atoms with van der Waals surface area (Å²) in [6, 6.07) is 0. The highest BCUT2D eigenvalue weighted by atomic mass is 14.1. The Labute approximate surface area is 83.7 Å². The first-order valence-electron chi connectivity index (χ1n) is 5.56. The fraction of sp³-hybridized carbons (Fsp3) is 0.692. The number of hydrogen-bond acceptors (Lipinski definition) is 0. The Morgan fingerprint density at radius 3 is 2.38 bits per heavy atom. The molecule has 0 rings (SSSR count). The molecular formula is C13H24. The monoisotopic (exact) mass is 180 g/mol. The van der Waals surface area contributed by atoms with E-state index in [0.29, 0.717) is 0 Å². The first-order chi connectivity index (χ1) is 6.26. The number of hydrogen-bond donors (Lipinski definition) is 0. The van der Waals surface area contributed by atoms with Gasteiger partial charge in [0, 0.05) is 0 Å². The lowest BCUT2D eigenvalue weighted by Gasteiger charge is -2.12. The fourth-order valence-electron chi connectivity index (χ4n) is 1.47. The van der Waals surface area contributed by atoms with Crippen molar-refractivity contribution in [2.75, 3.05) is 0 Å². The molecule has 0 aliphatic heterocycles. The van der Waals surface area contributed by atoms with Crippen LogP contribution in [0.4, 0.5) is 0 Å². The molecule has 0 aromatic carbocycles. The van der Waals surface area contributed by atoms with Crippen LogP contribution in [-0.2, 0) is 0 Å². The van der Waals surface area contributed by atoms with Gasteiger partial charge in [0.05, 0.1) is 0 Å². The zero-order valence-corrected chi connectivity index (χ0v) is 9.64. The summed E-state index contributed by atoms with van der Waals surface area (Å²) < 4.78 is 0. The van der Waals surface area contributed by atoms with Crippen LogP contribution >= 0.6 is 0 Å². The van der Waals surface area contributed by atoms with Gasteiger partial charge in [0.15, 0.2) is 0 Å². The molecule has 0 aromatic rings. The number of allylic oxidation sites excluding steroid dienone is 4. The van der Waals surface area contributed by atoms with Crippen molar-refractivity contribution < 1.29 is 0 Å². The van der Waals surface area contributed by atoms with Gasteiger partial charge in [0.2, 0.25) is 0 Å². The van der Waals surface area contributed by atoms with Crippen LogP contribution in [0.25, 0.3) is 0 Å². The molecule has 0 saturated heterocycles. The summed E-state index contributed by atoms with van der Waals surface area (Å²) in [5, 5.41) is 0. The van der Waals surface area contributed by atoms with Crippen molar-refractivity contribution in [1.29, 1.82) is 0 Å². The minimum Gasteiger partial charge on any atom is -0.0888 e. The van der Waals surface area contributed by atoms with Crippen LogP contribution in [0.15, 0.2) is 23.8 Å². The molecule has 0 heterocycles. The van der Waals surface area contributed by atoms with Gasteiger partial charge < -0.3 is 0 Å². The SMILES string of the molecule is CC=C(CCC=CCC)C(C)CC. The molecule has 1 unspecified atom stereocenters. The Bertz CT molecular complexity index is 163. The van der Waals surface area contributed by atoms with E-state index in [1.54, 1.807) is 5.57 Å². The third-order valence-corrected chi connectivity index (χ3v) is 2.62. The average Bonchev–Trinajstić information content (AvgIpc) is 2.17. The Balaban J connectivity index is 3.80. The molecule has 0 fully saturated rings. The maximum Gasteiger partial charge on any atom is -0.0234 e. The molecule has 0 radical (unpaired) electrons. The van der Waals surface area contributed by atoms with E-state index in [2.05, 4.69) is 45.9 Å². The van der Waals surface area contributed by atoms with Gasteiger partial charge in [-0.25, -0.2) is 0 Å². The van der Waals surface area contributed by atoms with Gasteiger partial charge in [-0.3, -0.25) is 0 Å². The lowest BCUT2D eigenvalue weighted by Crippen LogP contribution is -1.96. The van der Waals surface area contributed by atoms with E-state index >= 15 is 0 Å². The molecule has 0 aliphatic carbocycles. The van der Waals surface area contributed by atoms with Gasteiger partial charge in [-0.2, -0.15) is 0 Å². The lowest BCUT2D eigenvalue weighted by molar-refractivity contribution is 0.623. The first-order valence-corrected chi connectivity index (χ1v) is 5.56. The van der Waals surface area contributed by atoms with Crippen LogP contribution in [0, 0.1) is 5.92 Å². The predicted molar refractivity (Wildman–Crippen MR) is 61.9 cm³/mol. The van der Waals surface area contributed by atoms with Gasteiger partial charge in [-0.1, -0.05) is 44.6 Å². The molecule has 0 aromatic heterocycles. The predicted octanol–water partition coefficient (Wildman–Crippen LogP) is 4.73. The smallest absolute Gasteiger partial charge is 0.0234 e. The zero-order chi connectivity index (χ0) is 10.1. The van der Waals surface area contributed by atoms with Crippen LogP contribution in [0.2, 0.25) is 0 Å². The molecule has 0 aliphatic rings.